The summed E-state index contributed by atoms with van der Waals surface area (Å²) < 4.78 is 21.2. The highest BCUT2D eigenvalue weighted by Crippen LogP contribution is 2.34. The summed E-state index contributed by atoms with van der Waals surface area (Å²) >= 11 is 6.23. The molecule has 4 nitrogen and oxygen atoms in total. The van der Waals surface area contributed by atoms with Crippen LogP contribution < -0.4 is 0 Å². The predicted molar refractivity (Wildman–Crippen MR) is 93.9 cm³/mol. The molecule has 1 aromatic carbocycles. The van der Waals surface area contributed by atoms with Crippen molar-refractivity contribution in [3.05, 3.63) is 71.5 Å². The lowest BCUT2D eigenvalue weighted by Crippen LogP contribution is -2.20. The van der Waals surface area contributed by atoms with Gasteiger partial charge < -0.3 is 9.30 Å². The summed E-state index contributed by atoms with van der Waals surface area (Å²) in [6.07, 6.45) is 8.20. The number of hydrogen-bond acceptors (Lipinski definition) is 3. The average molecular weight is 358 g/mol. The fourth-order valence-electron chi connectivity index (χ4n) is 3.37. The first-order chi connectivity index (χ1) is 12.2. The van der Waals surface area contributed by atoms with Gasteiger partial charge in [-0.25, -0.2) is 9.37 Å². The maximum Gasteiger partial charge on any atom is 0.141 e. The molecule has 4 rings (SSSR count). The second-order valence-electron chi connectivity index (χ2n) is 6.21. The maximum absolute atomic E-state index is 13.4. The van der Waals surface area contributed by atoms with E-state index in [4.69, 9.17) is 16.3 Å². The van der Waals surface area contributed by atoms with Crippen LogP contribution in [0.25, 0.3) is 11.4 Å². The van der Waals surface area contributed by atoms with Crippen LogP contribution in [0.15, 0.2) is 55.1 Å². The second-order valence-corrected chi connectivity index (χ2v) is 6.61. The Labute approximate surface area is 150 Å². The zero-order valence-corrected chi connectivity index (χ0v) is 14.2. The molecule has 3 heterocycles. The summed E-state index contributed by atoms with van der Waals surface area (Å²) in [5.74, 6) is 0.710. The lowest BCUT2D eigenvalue weighted by Gasteiger charge is -2.21. The van der Waals surface area contributed by atoms with E-state index in [2.05, 4.69) is 14.5 Å². The van der Waals surface area contributed by atoms with E-state index in [9.17, 15) is 4.39 Å². The van der Waals surface area contributed by atoms with Crippen LogP contribution in [0.4, 0.5) is 4.39 Å². The molecular formula is C19H17ClFN3O. The first-order valence-electron chi connectivity index (χ1n) is 8.17. The number of benzene rings is 1. The molecule has 3 aromatic rings. The summed E-state index contributed by atoms with van der Waals surface area (Å²) in [4.78, 5) is 8.52. The Morgan fingerprint density at radius 2 is 2.00 bits per heavy atom. The van der Waals surface area contributed by atoms with E-state index < -0.39 is 0 Å². The van der Waals surface area contributed by atoms with Gasteiger partial charge in [0.15, 0.2) is 0 Å². The predicted octanol–water partition coefficient (Wildman–Crippen LogP) is 4.17. The van der Waals surface area contributed by atoms with Gasteiger partial charge in [-0.05, 0) is 42.3 Å². The summed E-state index contributed by atoms with van der Waals surface area (Å²) in [5, 5.41) is 0.358. The monoisotopic (exact) mass is 357 g/mol. The van der Waals surface area contributed by atoms with Crippen molar-refractivity contribution in [3.63, 3.8) is 0 Å². The highest BCUT2D eigenvalue weighted by atomic mass is 35.5. The minimum absolute atomic E-state index is 0.159. The van der Waals surface area contributed by atoms with E-state index in [-0.39, 0.29) is 11.9 Å². The number of halogens is 2. The Kier molecular flexibility index (Phi) is 4.51. The van der Waals surface area contributed by atoms with Crippen molar-refractivity contribution in [2.45, 2.75) is 12.5 Å². The van der Waals surface area contributed by atoms with Crippen LogP contribution in [0.5, 0.6) is 0 Å². The van der Waals surface area contributed by atoms with Crippen molar-refractivity contribution < 1.29 is 9.13 Å². The number of nitrogens with zero attached hydrogens (tertiary/aromatic N) is 3. The molecule has 0 unspecified atom stereocenters. The second kappa shape index (κ2) is 6.94. The molecule has 0 radical (unpaired) electrons. The highest BCUT2D eigenvalue weighted by molar-refractivity contribution is 6.33. The van der Waals surface area contributed by atoms with E-state index in [1.165, 1.54) is 17.7 Å². The molecule has 0 aliphatic carbocycles. The van der Waals surface area contributed by atoms with Crippen molar-refractivity contribution in [1.29, 1.82) is 0 Å². The van der Waals surface area contributed by atoms with Gasteiger partial charge in [-0.2, -0.15) is 0 Å². The van der Waals surface area contributed by atoms with E-state index in [0.717, 1.165) is 17.8 Å². The minimum atomic E-state index is -0.355. The Morgan fingerprint density at radius 3 is 2.80 bits per heavy atom. The van der Waals surface area contributed by atoms with Crippen molar-refractivity contribution in [1.82, 2.24) is 14.5 Å². The summed E-state index contributed by atoms with van der Waals surface area (Å²) in [7, 11) is 0. The molecular weight excluding hydrogens is 341 g/mol. The van der Waals surface area contributed by atoms with Crippen LogP contribution in [0, 0.1) is 11.7 Å². The first kappa shape index (κ1) is 16.2. The van der Waals surface area contributed by atoms with Crippen LogP contribution in [-0.4, -0.2) is 27.7 Å². The number of hydrogen-bond donors (Lipinski definition) is 0. The van der Waals surface area contributed by atoms with E-state index in [1.807, 2.05) is 18.3 Å². The van der Waals surface area contributed by atoms with E-state index in [1.54, 1.807) is 24.7 Å². The van der Waals surface area contributed by atoms with Crippen molar-refractivity contribution in [3.8, 4) is 11.4 Å². The molecule has 0 N–H and O–H groups in total. The summed E-state index contributed by atoms with van der Waals surface area (Å²) in [6, 6.07) is 8.61. The van der Waals surface area contributed by atoms with Crippen molar-refractivity contribution in [2.24, 2.45) is 5.92 Å². The zero-order chi connectivity index (χ0) is 17.2. The fourth-order valence-corrected chi connectivity index (χ4v) is 3.62. The third-order valence-electron chi connectivity index (χ3n) is 4.61. The topological polar surface area (TPSA) is 39.9 Å². The molecule has 0 bridgehead atoms. The minimum Gasteiger partial charge on any atom is -0.379 e. The van der Waals surface area contributed by atoms with Crippen LogP contribution in [0.1, 0.15) is 11.6 Å². The van der Waals surface area contributed by atoms with Gasteiger partial charge in [0, 0.05) is 36.3 Å². The van der Waals surface area contributed by atoms with Gasteiger partial charge >= 0.3 is 0 Å². The van der Waals surface area contributed by atoms with E-state index >= 15 is 0 Å². The van der Waals surface area contributed by atoms with Crippen LogP contribution in [0.2, 0.25) is 5.02 Å². The van der Waals surface area contributed by atoms with Gasteiger partial charge in [-0.15, -0.1) is 0 Å². The molecule has 1 saturated heterocycles. The summed E-state index contributed by atoms with van der Waals surface area (Å²) in [6.45, 7) is 1.32. The largest absolute Gasteiger partial charge is 0.379 e. The maximum atomic E-state index is 13.4. The van der Waals surface area contributed by atoms with Gasteiger partial charge in [0.2, 0.25) is 0 Å². The molecule has 0 amide bonds. The molecule has 0 spiro atoms. The normalized spacial score (nSPS) is 20.1. The van der Waals surface area contributed by atoms with Crippen LogP contribution in [0.3, 0.4) is 0 Å². The molecule has 0 saturated carbocycles. The van der Waals surface area contributed by atoms with Gasteiger partial charge in [0.25, 0.3) is 0 Å². The SMILES string of the molecule is Fc1ccc(-c2nccn2[C@@H]2COC[C@H]2Cc2ccncc2)c(Cl)c1. The van der Waals surface area contributed by atoms with Crippen LogP contribution >= 0.6 is 11.6 Å². The van der Waals surface area contributed by atoms with Crippen LogP contribution in [-0.2, 0) is 11.2 Å². The number of ether oxygens (including phenoxy) is 1. The van der Waals surface area contributed by atoms with Gasteiger partial charge in [0.1, 0.15) is 11.6 Å². The van der Waals surface area contributed by atoms with Gasteiger partial charge in [-0.1, -0.05) is 11.6 Å². The molecule has 1 aliphatic heterocycles. The molecule has 25 heavy (non-hydrogen) atoms. The lowest BCUT2D eigenvalue weighted by atomic mass is 9.95. The third-order valence-corrected chi connectivity index (χ3v) is 4.92. The smallest absolute Gasteiger partial charge is 0.141 e. The molecule has 2 aromatic heterocycles. The zero-order valence-electron chi connectivity index (χ0n) is 13.5. The summed E-state index contributed by atoms with van der Waals surface area (Å²) in [5.41, 5.74) is 1.96. The van der Waals surface area contributed by atoms with Gasteiger partial charge in [-0.3, -0.25) is 4.98 Å². The van der Waals surface area contributed by atoms with E-state index in [0.29, 0.717) is 24.2 Å². The molecule has 128 valence electrons. The Balaban J connectivity index is 1.64. The number of imidazole rings is 1. The molecule has 2 atom stereocenters. The van der Waals surface area contributed by atoms with Crippen molar-refractivity contribution in [2.75, 3.05) is 13.2 Å². The average Bonchev–Trinajstić information content (AvgIpc) is 3.25. The molecule has 1 fully saturated rings. The Bertz CT molecular complexity index is 868. The third kappa shape index (κ3) is 3.30. The van der Waals surface area contributed by atoms with Crippen molar-refractivity contribution >= 4 is 11.6 Å². The Morgan fingerprint density at radius 1 is 1.16 bits per heavy atom. The number of rotatable bonds is 4. The first-order valence-corrected chi connectivity index (χ1v) is 8.55. The molecule has 6 heteroatoms. The standard InChI is InChI=1S/C19H17ClFN3O/c20-17-10-15(21)1-2-16(17)19-23-7-8-24(19)18-12-25-11-14(18)9-13-3-5-22-6-4-13/h1-8,10,14,18H,9,11-12H2/t14-,18-/m1/s1. The number of pyridine rings is 1. The molecule has 1 aliphatic rings. The number of aromatic nitrogens is 3. The lowest BCUT2D eigenvalue weighted by molar-refractivity contribution is 0.181. The Hall–Kier alpha value is -2.24. The quantitative estimate of drug-likeness (QED) is 0.703. The van der Waals surface area contributed by atoms with Gasteiger partial charge in [0.05, 0.1) is 24.3 Å². The fraction of sp³-hybridized carbons (Fsp3) is 0.263. The highest BCUT2D eigenvalue weighted by Gasteiger charge is 2.31.